The van der Waals surface area contributed by atoms with Crippen LogP contribution < -0.4 is 11.2 Å². The Morgan fingerprint density at radius 1 is 1.41 bits per heavy atom. The summed E-state index contributed by atoms with van der Waals surface area (Å²) in [6, 6.07) is 0. The third-order valence-electron chi connectivity index (χ3n) is 4.26. The Kier molecular flexibility index (Phi) is 3.69. The smallest absolute Gasteiger partial charge is 0.330 e. The molecule has 9 heteroatoms. The average Bonchev–Trinajstić information content (AvgIpc) is 2.70. The second kappa shape index (κ2) is 5.28. The van der Waals surface area contributed by atoms with Crippen LogP contribution in [-0.2, 0) is 14.2 Å². The molecule has 2 aliphatic heterocycles. The SMILES string of the molecule is COCC1O[C@@H]2[C@H](n3cc(C)c(=O)[nH]c3=O)O[C@H](CO)C12O. The monoisotopic (exact) mass is 314 g/mol. The van der Waals surface area contributed by atoms with Crippen molar-refractivity contribution in [2.75, 3.05) is 20.3 Å². The van der Waals surface area contributed by atoms with Crippen molar-refractivity contribution in [2.45, 2.75) is 37.1 Å². The number of aliphatic hydroxyl groups excluding tert-OH is 1. The molecule has 5 atom stereocenters. The number of hydrogen-bond acceptors (Lipinski definition) is 7. The first-order chi connectivity index (χ1) is 10.4. The van der Waals surface area contributed by atoms with Crippen LogP contribution in [0.25, 0.3) is 0 Å². The lowest BCUT2D eigenvalue weighted by atomic mass is 9.81. The number of fused-ring (bicyclic) bond motifs is 1. The summed E-state index contributed by atoms with van der Waals surface area (Å²) in [5, 5.41) is 20.2. The number of nitrogens with zero attached hydrogens (tertiary/aromatic N) is 1. The number of aromatic amines is 1. The van der Waals surface area contributed by atoms with Gasteiger partial charge in [-0.1, -0.05) is 0 Å². The van der Waals surface area contributed by atoms with Crippen LogP contribution in [0.4, 0.5) is 0 Å². The van der Waals surface area contributed by atoms with E-state index in [1.807, 2.05) is 0 Å². The topological polar surface area (TPSA) is 123 Å². The quantitative estimate of drug-likeness (QED) is 0.580. The Labute approximate surface area is 125 Å². The zero-order valence-corrected chi connectivity index (χ0v) is 12.2. The minimum absolute atomic E-state index is 0.138. The molecule has 2 unspecified atom stereocenters. The Morgan fingerprint density at radius 3 is 2.77 bits per heavy atom. The molecule has 122 valence electrons. The molecule has 9 nitrogen and oxygen atoms in total. The zero-order chi connectivity index (χ0) is 16.1. The van der Waals surface area contributed by atoms with E-state index >= 15 is 0 Å². The van der Waals surface area contributed by atoms with Crippen molar-refractivity contribution >= 4 is 0 Å². The summed E-state index contributed by atoms with van der Waals surface area (Å²) in [5.41, 5.74) is -2.27. The molecule has 3 rings (SSSR count). The van der Waals surface area contributed by atoms with Crippen LogP contribution in [-0.4, -0.2) is 64.0 Å². The largest absolute Gasteiger partial charge is 0.394 e. The lowest BCUT2D eigenvalue weighted by Gasteiger charge is -2.49. The lowest BCUT2D eigenvalue weighted by molar-refractivity contribution is -0.299. The molecule has 2 saturated heterocycles. The van der Waals surface area contributed by atoms with E-state index in [1.54, 1.807) is 6.92 Å². The van der Waals surface area contributed by atoms with Crippen LogP contribution in [0.15, 0.2) is 15.8 Å². The van der Waals surface area contributed by atoms with Crippen molar-refractivity contribution in [3.8, 4) is 0 Å². The summed E-state index contributed by atoms with van der Waals surface area (Å²) < 4.78 is 17.3. The van der Waals surface area contributed by atoms with Gasteiger partial charge in [0, 0.05) is 18.9 Å². The van der Waals surface area contributed by atoms with E-state index in [2.05, 4.69) is 4.98 Å². The number of methoxy groups -OCH3 is 1. The number of aryl methyl sites for hydroxylation is 1. The minimum atomic E-state index is -1.45. The van der Waals surface area contributed by atoms with Crippen LogP contribution in [0.1, 0.15) is 11.8 Å². The third kappa shape index (κ3) is 1.97. The number of aliphatic hydroxyl groups is 2. The lowest BCUT2D eigenvalue weighted by Crippen LogP contribution is -2.70. The molecule has 0 bridgehead atoms. The molecule has 0 saturated carbocycles. The number of ether oxygens (including phenoxy) is 3. The maximum Gasteiger partial charge on any atom is 0.330 e. The maximum absolute atomic E-state index is 12.0. The van der Waals surface area contributed by atoms with Crippen molar-refractivity contribution in [2.24, 2.45) is 0 Å². The number of nitrogens with one attached hydrogen (secondary N) is 1. The molecule has 0 amide bonds. The van der Waals surface area contributed by atoms with E-state index < -0.39 is 48.0 Å². The van der Waals surface area contributed by atoms with Crippen LogP contribution in [0.5, 0.6) is 0 Å². The molecule has 0 aromatic carbocycles. The summed E-state index contributed by atoms with van der Waals surface area (Å²) in [7, 11) is 1.47. The maximum atomic E-state index is 12.0. The first-order valence-electron chi connectivity index (χ1n) is 6.88. The number of aromatic nitrogens is 2. The molecular formula is C13H18N2O7. The van der Waals surface area contributed by atoms with E-state index in [0.717, 1.165) is 4.57 Å². The fourth-order valence-electron chi connectivity index (χ4n) is 3.04. The Hall–Kier alpha value is -1.52. The third-order valence-corrected chi connectivity index (χ3v) is 4.26. The molecule has 1 aromatic heterocycles. The van der Waals surface area contributed by atoms with E-state index in [9.17, 15) is 19.8 Å². The van der Waals surface area contributed by atoms with E-state index in [4.69, 9.17) is 14.2 Å². The Balaban J connectivity index is 1.97. The van der Waals surface area contributed by atoms with Crippen molar-refractivity contribution < 1.29 is 24.4 Å². The van der Waals surface area contributed by atoms with Crippen LogP contribution in [0.2, 0.25) is 0 Å². The van der Waals surface area contributed by atoms with Gasteiger partial charge in [-0.05, 0) is 6.92 Å². The van der Waals surface area contributed by atoms with E-state index in [1.165, 1.54) is 13.3 Å². The highest BCUT2D eigenvalue weighted by atomic mass is 16.7. The highest BCUT2D eigenvalue weighted by Gasteiger charge is 2.69. The molecular weight excluding hydrogens is 296 g/mol. The Bertz CT molecular complexity index is 684. The molecule has 1 aromatic rings. The van der Waals surface area contributed by atoms with Crippen molar-refractivity contribution in [3.63, 3.8) is 0 Å². The Morgan fingerprint density at radius 2 is 2.14 bits per heavy atom. The van der Waals surface area contributed by atoms with Gasteiger partial charge in [0.1, 0.15) is 18.3 Å². The van der Waals surface area contributed by atoms with Gasteiger partial charge in [0.05, 0.1) is 13.2 Å². The second-order valence-electron chi connectivity index (χ2n) is 5.56. The van der Waals surface area contributed by atoms with Crippen molar-refractivity contribution in [1.29, 1.82) is 0 Å². The van der Waals surface area contributed by atoms with Gasteiger partial charge < -0.3 is 24.4 Å². The minimum Gasteiger partial charge on any atom is -0.394 e. The van der Waals surface area contributed by atoms with Gasteiger partial charge in [-0.3, -0.25) is 14.3 Å². The second-order valence-corrected chi connectivity index (χ2v) is 5.56. The first-order valence-corrected chi connectivity index (χ1v) is 6.88. The summed E-state index contributed by atoms with van der Waals surface area (Å²) >= 11 is 0. The molecule has 22 heavy (non-hydrogen) atoms. The molecule has 0 spiro atoms. The van der Waals surface area contributed by atoms with E-state index in [-0.39, 0.29) is 6.61 Å². The highest BCUT2D eigenvalue weighted by Crippen LogP contribution is 2.49. The van der Waals surface area contributed by atoms with Gasteiger partial charge >= 0.3 is 5.69 Å². The molecule has 3 heterocycles. The first kappa shape index (κ1) is 15.4. The number of hydrogen-bond donors (Lipinski definition) is 3. The van der Waals surface area contributed by atoms with Crippen molar-refractivity contribution in [1.82, 2.24) is 9.55 Å². The predicted octanol–water partition coefficient (Wildman–Crippen LogP) is -2.12. The van der Waals surface area contributed by atoms with Gasteiger partial charge in [-0.15, -0.1) is 0 Å². The van der Waals surface area contributed by atoms with Gasteiger partial charge in [-0.2, -0.15) is 0 Å². The van der Waals surface area contributed by atoms with Crippen LogP contribution in [0, 0.1) is 6.92 Å². The molecule has 2 fully saturated rings. The standard InChI is InChI=1S/C13H18N2O7/c1-6-3-15(12(18)14-10(6)17)11-9-13(19,7(4-16)22-11)8(21-9)5-20-2/h3,7-9,11,16,19H,4-5H2,1-2H3,(H,14,17,18)/t7-,8?,9-,11-,13?/m1/s1. The molecule has 2 aliphatic rings. The molecule has 0 radical (unpaired) electrons. The fraction of sp³-hybridized carbons (Fsp3) is 0.692. The summed E-state index contributed by atoms with van der Waals surface area (Å²) in [6.07, 6.45) is -1.97. The van der Waals surface area contributed by atoms with Gasteiger partial charge in [0.25, 0.3) is 5.56 Å². The zero-order valence-electron chi connectivity index (χ0n) is 12.2. The van der Waals surface area contributed by atoms with Crippen molar-refractivity contribution in [3.05, 3.63) is 32.6 Å². The number of H-pyrrole nitrogens is 1. The van der Waals surface area contributed by atoms with Gasteiger partial charge in [0.15, 0.2) is 11.8 Å². The van der Waals surface area contributed by atoms with Crippen LogP contribution >= 0.6 is 0 Å². The van der Waals surface area contributed by atoms with Gasteiger partial charge in [0.2, 0.25) is 0 Å². The fourth-order valence-corrected chi connectivity index (χ4v) is 3.04. The summed E-state index contributed by atoms with van der Waals surface area (Å²) in [4.78, 5) is 25.6. The highest BCUT2D eigenvalue weighted by molar-refractivity contribution is 5.15. The summed E-state index contributed by atoms with van der Waals surface area (Å²) in [6.45, 7) is 1.26. The van der Waals surface area contributed by atoms with E-state index in [0.29, 0.717) is 5.56 Å². The van der Waals surface area contributed by atoms with Crippen LogP contribution in [0.3, 0.4) is 0 Å². The number of rotatable bonds is 4. The molecule has 0 aliphatic carbocycles. The average molecular weight is 314 g/mol. The molecule has 3 N–H and O–H groups in total. The summed E-state index contributed by atoms with van der Waals surface area (Å²) in [5.74, 6) is 0. The van der Waals surface area contributed by atoms with Gasteiger partial charge in [-0.25, -0.2) is 4.79 Å². The normalized spacial score (nSPS) is 36.9. The predicted molar refractivity (Wildman–Crippen MR) is 72.5 cm³/mol.